The van der Waals surface area contributed by atoms with Crippen LogP contribution in [-0.2, 0) is 27.3 Å². The number of carbonyl (C=O) groups excluding carboxylic acids is 3. The van der Waals surface area contributed by atoms with Crippen molar-refractivity contribution < 1.29 is 39.2 Å². The predicted octanol–water partition coefficient (Wildman–Crippen LogP) is 1.70. The van der Waals surface area contributed by atoms with Crippen LogP contribution >= 0.6 is 0 Å². The molecule has 10 heteroatoms. The lowest BCUT2D eigenvalue weighted by Crippen LogP contribution is -2.58. The maximum atomic E-state index is 15.1. The number of phenolic OH excluding ortho intramolecular Hbond substituents is 1. The SMILES string of the molecule is CC(C)(C)CNCc1cc(F)c2c(c1O)C(O)=C1C(=O)[C@]3(O)C(O)=C(C(N)=O)C(=O)C[C@@H]3CC1C2. The van der Waals surface area contributed by atoms with E-state index in [9.17, 15) is 34.8 Å². The van der Waals surface area contributed by atoms with Crippen molar-refractivity contribution in [1.29, 1.82) is 0 Å². The first-order valence-electron chi connectivity index (χ1n) is 11.4. The van der Waals surface area contributed by atoms with Gasteiger partial charge < -0.3 is 31.5 Å². The summed E-state index contributed by atoms with van der Waals surface area (Å²) in [4.78, 5) is 37.5. The second-order valence-corrected chi connectivity index (χ2v) is 10.8. The van der Waals surface area contributed by atoms with E-state index < -0.39 is 70.0 Å². The molecule has 9 nitrogen and oxygen atoms in total. The Morgan fingerprint density at radius 3 is 2.49 bits per heavy atom. The van der Waals surface area contributed by atoms with Crippen LogP contribution in [0.3, 0.4) is 0 Å². The fraction of sp³-hybridized carbons (Fsp3) is 0.480. The highest BCUT2D eigenvalue weighted by molar-refractivity contribution is 6.22. The van der Waals surface area contributed by atoms with Gasteiger partial charge in [0.2, 0.25) is 5.78 Å². The standard InChI is InChI=1S/C25H29FN2O7/c1-24(2,3)9-28-8-11-6-14(26)13-5-10-4-12-7-15(29)18(23(27)34)22(33)25(12,35)21(32)16(10)20(31)17(13)19(11)30/h6,10,12,28,30-31,33,35H,4-5,7-9H2,1-3H3,(H2,27,34)/t10?,12-,25-/m0/s1. The number of aromatic hydroxyl groups is 1. The number of phenols is 1. The van der Waals surface area contributed by atoms with Crippen LogP contribution in [0.2, 0.25) is 0 Å². The number of carbonyl (C=O) groups is 3. The zero-order valence-electron chi connectivity index (χ0n) is 19.7. The molecule has 0 bridgehead atoms. The molecule has 0 spiro atoms. The molecule has 0 radical (unpaired) electrons. The quantitative estimate of drug-likeness (QED) is 0.348. The molecule has 3 aliphatic rings. The zero-order chi connectivity index (χ0) is 26.0. The smallest absolute Gasteiger partial charge is 0.255 e. The van der Waals surface area contributed by atoms with Crippen LogP contribution in [0.15, 0.2) is 23.0 Å². The summed E-state index contributed by atoms with van der Waals surface area (Å²) in [6.45, 7) is 6.68. The summed E-state index contributed by atoms with van der Waals surface area (Å²) >= 11 is 0. The number of halogens is 1. The fourth-order valence-corrected chi connectivity index (χ4v) is 5.40. The van der Waals surface area contributed by atoms with Crippen molar-refractivity contribution in [3.63, 3.8) is 0 Å². The topological polar surface area (TPSA) is 170 Å². The Labute approximate surface area is 201 Å². The van der Waals surface area contributed by atoms with Crippen molar-refractivity contribution in [2.24, 2.45) is 23.0 Å². The molecule has 0 heterocycles. The van der Waals surface area contributed by atoms with Gasteiger partial charge in [-0.3, -0.25) is 14.4 Å². The maximum absolute atomic E-state index is 15.1. The third kappa shape index (κ3) is 3.81. The maximum Gasteiger partial charge on any atom is 0.255 e. The van der Waals surface area contributed by atoms with Crippen molar-refractivity contribution in [3.05, 3.63) is 45.5 Å². The number of hydrogen-bond acceptors (Lipinski definition) is 8. The van der Waals surface area contributed by atoms with Gasteiger partial charge in [-0.25, -0.2) is 4.39 Å². The van der Waals surface area contributed by atoms with E-state index in [0.29, 0.717) is 6.54 Å². The highest BCUT2D eigenvalue weighted by atomic mass is 19.1. The zero-order valence-corrected chi connectivity index (χ0v) is 19.7. The molecule has 188 valence electrons. The Kier molecular flexibility index (Phi) is 5.80. The molecule has 0 aromatic heterocycles. The molecule has 1 fully saturated rings. The van der Waals surface area contributed by atoms with Crippen LogP contribution in [0, 0.1) is 23.1 Å². The minimum Gasteiger partial charge on any atom is -0.508 e. The second kappa shape index (κ2) is 8.17. The lowest BCUT2D eigenvalue weighted by atomic mass is 9.59. The number of amides is 1. The average molecular weight is 489 g/mol. The number of nitrogens with two attached hydrogens (primary N) is 1. The first-order valence-corrected chi connectivity index (χ1v) is 11.4. The summed E-state index contributed by atoms with van der Waals surface area (Å²) in [6, 6.07) is 1.18. The number of aliphatic hydroxyl groups excluding tert-OH is 2. The molecule has 0 aliphatic heterocycles. The molecule has 3 aliphatic carbocycles. The van der Waals surface area contributed by atoms with Gasteiger partial charge in [0.05, 0.1) is 5.56 Å². The molecule has 1 amide bonds. The lowest BCUT2D eigenvalue weighted by Gasteiger charge is -2.46. The number of ketones is 2. The van der Waals surface area contributed by atoms with Crippen molar-refractivity contribution in [2.75, 3.05) is 6.54 Å². The van der Waals surface area contributed by atoms with Gasteiger partial charge in [0.25, 0.3) is 5.91 Å². The number of Topliss-reactive ketones (excluding diaryl/α,β-unsaturated/α-hetero) is 2. The summed E-state index contributed by atoms with van der Waals surface area (Å²) in [6.07, 6.45) is -0.532. The minimum atomic E-state index is -2.64. The molecule has 1 aromatic carbocycles. The Hall–Kier alpha value is -3.24. The van der Waals surface area contributed by atoms with Gasteiger partial charge in [-0.05, 0) is 30.2 Å². The Bertz CT molecular complexity index is 1230. The number of fused-ring (bicyclic) bond motifs is 3. The molecular formula is C25H29FN2O7. The van der Waals surface area contributed by atoms with Crippen LogP contribution in [0.1, 0.15) is 50.3 Å². The first kappa shape index (κ1) is 24.9. The number of primary amides is 1. The number of nitrogens with one attached hydrogen (secondary N) is 1. The summed E-state index contributed by atoms with van der Waals surface area (Å²) in [5.41, 5.74) is 1.27. The highest BCUT2D eigenvalue weighted by Crippen LogP contribution is 2.52. The fourth-order valence-electron chi connectivity index (χ4n) is 5.40. The van der Waals surface area contributed by atoms with Crippen LogP contribution in [0.25, 0.3) is 5.76 Å². The van der Waals surface area contributed by atoms with E-state index in [1.807, 2.05) is 20.8 Å². The third-order valence-corrected chi connectivity index (χ3v) is 7.06. The summed E-state index contributed by atoms with van der Waals surface area (Å²) < 4.78 is 15.1. The molecule has 1 unspecified atom stereocenters. The van der Waals surface area contributed by atoms with Gasteiger partial charge >= 0.3 is 0 Å². The molecular weight excluding hydrogens is 459 g/mol. The summed E-state index contributed by atoms with van der Waals surface area (Å²) in [5, 5.41) is 46.9. The van der Waals surface area contributed by atoms with E-state index >= 15 is 4.39 Å². The monoisotopic (exact) mass is 488 g/mol. The highest BCUT2D eigenvalue weighted by Gasteiger charge is 2.60. The molecule has 1 saturated carbocycles. The third-order valence-electron chi connectivity index (χ3n) is 7.06. The Balaban J connectivity index is 1.81. The van der Waals surface area contributed by atoms with Gasteiger partial charge in [-0.1, -0.05) is 20.8 Å². The van der Waals surface area contributed by atoms with Gasteiger partial charge in [0, 0.05) is 42.1 Å². The molecule has 4 rings (SSSR count). The molecule has 0 saturated heterocycles. The predicted molar refractivity (Wildman–Crippen MR) is 123 cm³/mol. The number of aliphatic hydroxyl groups is 3. The normalized spacial score (nSPS) is 26.4. The van der Waals surface area contributed by atoms with Gasteiger partial charge in [0.15, 0.2) is 11.4 Å². The van der Waals surface area contributed by atoms with Crippen molar-refractivity contribution in [3.8, 4) is 5.75 Å². The van der Waals surface area contributed by atoms with E-state index in [1.54, 1.807) is 0 Å². The van der Waals surface area contributed by atoms with E-state index in [2.05, 4.69) is 5.32 Å². The second-order valence-electron chi connectivity index (χ2n) is 10.8. The summed E-state index contributed by atoms with van der Waals surface area (Å²) in [5.74, 6) is -7.96. The first-order chi connectivity index (χ1) is 16.2. The van der Waals surface area contributed by atoms with E-state index in [0.717, 1.165) is 0 Å². The van der Waals surface area contributed by atoms with Crippen LogP contribution in [-0.4, -0.2) is 50.0 Å². The van der Waals surface area contributed by atoms with E-state index in [-0.39, 0.29) is 47.1 Å². The molecule has 35 heavy (non-hydrogen) atoms. The van der Waals surface area contributed by atoms with Gasteiger partial charge in [0.1, 0.15) is 28.7 Å². The van der Waals surface area contributed by atoms with Gasteiger partial charge in [-0.15, -0.1) is 0 Å². The Morgan fingerprint density at radius 1 is 1.23 bits per heavy atom. The largest absolute Gasteiger partial charge is 0.508 e. The van der Waals surface area contributed by atoms with E-state index in [4.69, 9.17) is 5.73 Å². The van der Waals surface area contributed by atoms with E-state index in [1.165, 1.54) is 6.07 Å². The van der Waals surface area contributed by atoms with Crippen molar-refractivity contribution in [2.45, 2.75) is 52.2 Å². The molecule has 1 aromatic rings. The molecule has 7 N–H and O–H groups in total. The lowest BCUT2D eigenvalue weighted by molar-refractivity contribution is -0.147. The van der Waals surface area contributed by atoms with Crippen LogP contribution < -0.4 is 11.1 Å². The Morgan fingerprint density at radius 2 is 1.89 bits per heavy atom. The van der Waals surface area contributed by atoms with Crippen molar-refractivity contribution >= 4 is 23.2 Å². The minimum absolute atomic E-state index is 0.0197. The number of rotatable bonds is 4. The number of benzene rings is 1. The summed E-state index contributed by atoms with van der Waals surface area (Å²) in [7, 11) is 0. The number of hydrogen-bond donors (Lipinski definition) is 6. The average Bonchev–Trinajstić information content (AvgIpc) is 2.73. The van der Waals surface area contributed by atoms with Crippen LogP contribution in [0.5, 0.6) is 5.75 Å². The van der Waals surface area contributed by atoms with Gasteiger partial charge in [-0.2, -0.15) is 0 Å². The van der Waals surface area contributed by atoms with Crippen molar-refractivity contribution in [1.82, 2.24) is 5.32 Å². The molecule has 3 atom stereocenters. The van der Waals surface area contributed by atoms with Crippen LogP contribution in [0.4, 0.5) is 4.39 Å².